The Morgan fingerprint density at radius 1 is 1.14 bits per heavy atom. The molecule has 4 rings (SSSR count). The van der Waals surface area contributed by atoms with Crippen LogP contribution in [0.25, 0.3) is 5.57 Å². The van der Waals surface area contributed by atoms with Crippen molar-refractivity contribution in [3.05, 3.63) is 35.9 Å². The van der Waals surface area contributed by atoms with Crippen LogP contribution in [0.4, 0.5) is 5.69 Å². The number of nitrogens with one attached hydrogen (secondary N) is 1. The Morgan fingerprint density at radius 3 is 2.59 bits per heavy atom. The van der Waals surface area contributed by atoms with Crippen LogP contribution in [-0.4, -0.2) is 51.0 Å². The first-order valence-corrected chi connectivity index (χ1v) is 11.2. The molecule has 0 spiro atoms. The van der Waals surface area contributed by atoms with Crippen molar-refractivity contribution in [2.45, 2.75) is 51.0 Å². The van der Waals surface area contributed by atoms with E-state index in [1.54, 1.807) is 0 Å². The highest BCUT2D eigenvalue weighted by molar-refractivity contribution is 6.10. The zero-order valence-electron chi connectivity index (χ0n) is 17.3. The summed E-state index contributed by atoms with van der Waals surface area (Å²) >= 11 is 0. The van der Waals surface area contributed by atoms with E-state index in [4.69, 9.17) is 4.74 Å². The van der Waals surface area contributed by atoms with Gasteiger partial charge in [0.05, 0.1) is 19.3 Å². The summed E-state index contributed by atoms with van der Waals surface area (Å²) in [6, 6.07) is 8.76. The molecule has 2 aliphatic heterocycles. The molecule has 2 fully saturated rings. The summed E-state index contributed by atoms with van der Waals surface area (Å²) in [6.07, 6.45) is 12.0. The fourth-order valence-corrected chi connectivity index (χ4v) is 4.58. The molecule has 1 aromatic carbocycles. The van der Waals surface area contributed by atoms with Gasteiger partial charge in [0.15, 0.2) is 0 Å². The predicted molar refractivity (Wildman–Crippen MR) is 119 cm³/mol. The summed E-state index contributed by atoms with van der Waals surface area (Å²) in [5.74, 6) is 0.958. The van der Waals surface area contributed by atoms with Crippen molar-refractivity contribution < 1.29 is 9.53 Å². The molecule has 1 amide bonds. The maximum Gasteiger partial charge on any atom is 0.222 e. The van der Waals surface area contributed by atoms with Gasteiger partial charge in [0.2, 0.25) is 5.91 Å². The summed E-state index contributed by atoms with van der Waals surface area (Å²) in [7, 11) is 0. The largest absolute Gasteiger partial charge is 0.378 e. The predicted octanol–water partition coefficient (Wildman–Crippen LogP) is 3.84. The molecule has 5 nitrogen and oxygen atoms in total. The molecule has 2 heterocycles. The van der Waals surface area contributed by atoms with Crippen molar-refractivity contribution in [1.82, 2.24) is 5.32 Å². The third-order valence-electron chi connectivity index (χ3n) is 6.38. The van der Waals surface area contributed by atoms with E-state index in [1.165, 1.54) is 36.9 Å². The molecule has 0 aromatic heterocycles. The lowest BCUT2D eigenvalue weighted by Crippen LogP contribution is -2.36. The van der Waals surface area contributed by atoms with Gasteiger partial charge < -0.3 is 15.0 Å². The van der Waals surface area contributed by atoms with Crippen molar-refractivity contribution in [2.75, 3.05) is 37.7 Å². The second kappa shape index (κ2) is 10.1. The Kier molecular flexibility index (Phi) is 6.99. The van der Waals surface area contributed by atoms with Gasteiger partial charge in [0.25, 0.3) is 0 Å². The number of morpholine rings is 1. The van der Waals surface area contributed by atoms with Gasteiger partial charge in [-0.1, -0.05) is 43.9 Å². The molecule has 1 aliphatic carbocycles. The van der Waals surface area contributed by atoms with E-state index in [1.807, 2.05) is 6.21 Å². The third-order valence-corrected chi connectivity index (χ3v) is 6.38. The number of aliphatic imine (C=N–C) groups is 1. The zero-order chi connectivity index (χ0) is 19.9. The number of carbonyl (C=O) groups is 1. The smallest absolute Gasteiger partial charge is 0.222 e. The van der Waals surface area contributed by atoms with Gasteiger partial charge in [-0.25, -0.2) is 0 Å². The second-order valence-electron chi connectivity index (χ2n) is 8.47. The molecule has 1 N–H and O–H groups in total. The van der Waals surface area contributed by atoms with E-state index in [2.05, 4.69) is 45.6 Å². The minimum absolute atomic E-state index is 0.0675. The highest BCUT2D eigenvalue weighted by Crippen LogP contribution is 2.27. The Morgan fingerprint density at radius 2 is 1.90 bits per heavy atom. The molecule has 1 saturated heterocycles. The monoisotopic (exact) mass is 395 g/mol. The molecule has 1 saturated carbocycles. The zero-order valence-corrected chi connectivity index (χ0v) is 17.3. The molecule has 3 aliphatic rings. The van der Waals surface area contributed by atoms with E-state index >= 15 is 0 Å². The number of benzene rings is 1. The summed E-state index contributed by atoms with van der Waals surface area (Å²) in [4.78, 5) is 19.2. The summed E-state index contributed by atoms with van der Waals surface area (Å²) in [5, 5.41) is 3.09. The first-order valence-electron chi connectivity index (χ1n) is 11.2. The molecule has 1 atom stereocenters. The standard InChI is InChI=1S/C24H33N3O2/c28-24(25-12-11-19-3-1-2-4-19)17-22-8-5-21(18-26-22)20-6-9-23(10-7-20)27-13-15-29-16-14-27/h5-7,9-10,18-19,22H,1-4,8,11-17H2,(H,25,28). The number of amides is 1. The van der Waals surface area contributed by atoms with E-state index in [-0.39, 0.29) is 11.9 Å². The maximum atomic E-state index is 12.2. The quantitative estimate of drug-likeness (QED) is 0.763. The van der Waals surface area contributed by atoms with E-state index in [0.29, 0.717) is 6.42 Å². The fraction of sp³-hybridized carbons (Fsp3) is 0.583. The van der Waals surface area contributed by atoms with Gasteiger partial charge >= 0.3 is 0 Å². The molecule has 1 unspecified atom stereocenters. The average Bonchev–Trinajstić information content (AvgIpc) is 3.29. The van der Waals surface area contributed by atoms with Crippen LogP contribution < -0.4 is 10.2 Å². The number of hydrogen-bond acceptors (Lipinski definition) is 4. The molecule has 156 valence electrons. The summed E-state index contributed by atoms with van der Waals surface area (Å²) in [5.41, 5.74) is 3.58. The lowest BCUT2D eigenvalue weighted by Gasteiger charge is -2.29. The lowest BCUT2D eigenvalue weighted by molar-refractivity contribution is -0.121. The van der Waals surface area contributed by atoms with E-state index in [9.17, 15) is 4.79 Å². The van der Waals surface area contributed by atoms with E-state index < -0.39 is 0 Å². The summed E-state index contributed by atoms with van der Waals surface area (Å²) in [6.45, 7) is 4.32. The molecule has 29 heavy (non-hydrogen) atoms. The molecule has 1 aromatic rings. The Labute approximate surface area is 174 Å². The number of anilines is 1. The number of hydrogen-bond donors (Lipinski definition) is 1. The van der Waals surface area contributed by atoms with Crippen LogP contribution in [0.2, 0.25) is 0 Å². The van der Waals surface area contributed by atoms with Crippen LogP contribution in [0.15, 0.2) is 35.3 Å². The van der Waals surface area contributed by atoms with Crippen molar-refractivity contribution in [2.24, 2.45) is 10.9 Å². The summed E-state index contributed by atoms with van der Waals surface area (Å²) < 4.78 is 5.43. The van der Waals surface area contributed by atoms with E-state index in [0.717, 1.165) is 57.2 Å². The minimum atomic E-state index is 0.0675. The molecular weight excluding hydrogens is 362 g/mol. The van der Waals surface area contributed by atoms with Crippen molar-refractivity contribution in [3.8, 4) is 0 Å². The number of dihydropyridines is 1. The molecule has 0 radical (unpaired) electrons. The maximum absolute atomic E-state index is 12.2. The van der Waals surface area contributed by atoms with Crippen LogP contribution in [0.1, 0.15) is 50.5 Å². The SMILES string of the molecule is O=C(CC1CC=C(c2ccc(N3CCOCC3)cc2)C=N1)NCCC1CCCC1. The number of allylic oxidation sites excluding steroid dienone is 1. The van der Waals surface area contributed by atoms with Gasteiger partial charge in [-0.2, -0.15) is 0 Å². The minimum Gasteiger partial charge on any atom is -0.378 e. The highest BCUT2D eigenvalue weighted by atomic mass is 16.5. The van der Waals surface area contributed by atoms with Crippen LogP contribution in [-0.2, 0) is 9.53 Å². The number of nitrogens with zero attached hydrogens (tertiary/aromatic N) is 2. The van der Waals surface area contributed by atoms with Gasteiger partial charge in [0.1, 0.15) is 0 Å². The van der Waals surface area contributed by atoms with Gasteiger partial charge in [-0.15, -0.1) is 0 Å². The van der Waals surface area contributed by atoms with Crippen LogP contribution in [0.3, 0.4) is 0 Å². The lowest BCUT2D eigenvalue weighted by atomic mass is 9.99. The van der Waals surface area contributed by atoms with Crippen molar-refractivity contribution >= 4 is 23.4 Å². The second-order valence-corrected chi connectivity index (χ2v) is 8.47. The Bertz CT molecular complexity index is 729. The number of carbonyl (C=O) groups excluding carboxylic acids is 1. The van der Waals surface area contributed by atoms with Gasteiger partial charge in [-0.3, -0.25) is 9.79 Å². The first kappa shape index (κ1) is 20.1. The number of rotatable bonds is 7. The van der Waals surface area contributed by atoms with Crippen LogP contribution >= 0.6 is 0 Å². The Balaban J connectivity index is 1.21. The van der Waals surface area contributed by atoms with Crippen LogP contribution in [0.5, 0.6) is 0 Å². The molecular formula is C24H33N3O2. The van der Waals surface area contributed by atoms with Gasteiger partial charge in [0, 0.05) is 38.0 Å². The normalized spacial score (nSPS) is 22.6. The fourth-order valence-electron chi connectivity index (χ4n) is 4.58. The average molecular weight is 396 g/mol. The molecule has 5 heteroatoms. The van der Waals surface area contributed by atoms with Gasteiger partial charge in [-0.05, 0) is 42.0 Å². The van der Waals surface area contributed by atoms with Crippen molar-refractivity contribution in [3.63, 3.8) is 0 Å². The third kappa shape index (κ3) is 5.69. The first-order chi connectivity index (χ1) is 14.3. The van der Waals surface area contributed by atoms with Crippen LogP contribution in [0, 0.1) is 5.92 Å². The van der Waals surface area contributed by atoms with Crippen molar-refractivity contribution in [1.29, 1.82) is 0 Å². The molecule has 0 bridgehead atoms. The highest BCUT2D eigenvalue weighted by Gasteiger charge is 2.18. The number of ether oxygens (including phenoxy) is 1. The Hall–Kier alpha value is -2.14. The topological polar surface area (TPSA) is 53.9 Å².